The van der Waals surface area contributed by atoms with Crippen molar-refractivity contribution in [3.8, 4) is 0 Å². The molecule has 0 aliphatic heterocycles. The molecule has 4 nitrogen and oxygen atoms in total. The van der Waals surface area contributed by atoms with Gasteiger partial charge in [-0.3, -0.25) is 4.79 Å². The lowest BCUT2D eigenvalue weighted by molar-refractivity contribution is -0.137. The minimum Gasteiger partial charge on any atom is -0.449 e. The fourth-order valence-corrected chi connectivity index (χ4v) is 2.94. The Labute approximate surface area is 144 Å². The molecule has 25 heavy (non-hydrogen) atoms. The number of rotatable bonds is 4. The minimum absolute atomic E-state index is 0.0379. The molecule has 1 amide bonds. The Morgan fingerprint density at radius 3 is 2.56 bits per heavy atom. The van der Waals surface area contributed by atoms with Gasteiger partial charge in [-0.05, 0) is 43.9 Å². The third kappa shape index (κ3) is 5.21. The van der Waals surface area contributed by atoms with Gasteiger partial charge in [-0.2, -0.15) is 13.2 Å². The van der Waals surface area contributed by atoms with Gasteiger partial charge < -0.3 is 10.1 Å². The number of carbonyl (C=O) groups is 2. The average Bonchev–Trinajstić information content (AvgIpc) is 2.56. The van der Waals surface area contributed by atoms with Gasteiger partial charge in [-0.15, -0.1) is 0 Å². The Hall–Kier alpha value is -2.05. The number of amides is 1. The Morgan fingerprint density at radius 1 is 1.24 bits per heavy atom. The molecule has 1 saturated carbocycles. The summed E-state index contributed by atoms with van der Waals surface area (Å²) in [6.45, 7) is 3.47. The van der Waals surface area contributed by atoms with E-state index in [-0.39, 0.29) is 11.6 Å². The predicted octanol–water partition coefficient (Wildman–Crippen LogP) is 3.95. The molecular formula is C18H22F3NO3. The third-order valence-electron chi connectivity index (χ3n) is 4.52. The van der Waals surface area contributed by atoms with Gasteiger partial charge in [0.15, 0.2) is 6.10 Å². The van der Waals surface area contributed by atoms with Crippen LogP contribution < -0.4 is 5.32 Å². The van der Waals surface area contributed by atoms with Crippen molar-refractivity contribution in [2.45, 2.75) is 57.9 Å². The Balaban J connectivity index is 1.96. The van der Waals surface area contributed by atoms with E-state index in [0.717, 1.165) is 43.9 Å². The van der Waals surface area contributed by atoms with E-state index in [9.17, 15) is 22.8 Å². The van der Waals surface area contributed by atoms with Gasteiger partial charge in [-0.25, -0.2) is 4.79 Å². The van der Waals surface area contributed by atoms with Crippen molar-refractivity contribution in [3.63, 3.8) is 0 Å². The number of hydrogen-bond acceptors (Lipinski definition) is 3. The van der Waals surface area contributed by atoms with Crippen molar-refractivity contribution in [1.29, 1.82) is 0 Å². The first-order valence-corrected chi connectivity index (χ1v) is 8.37. The molecule has 1 aromatic carbocycles. The average molecular weight is 357 g/mol. The molecule has 7 heteroatoms. The summed E-state index contributed by atoms with van der Waals surface area (Å²) in [6, 6.07) is 3.99. The SMILES string of the molecule is C[C@@H](OC(=O)c1cccc(C(F)(F)F)c1)C(=O)N[C@@H]1CCCC[C@@H]1C. The molecule has 0 saturated heterocycles. The molecular weight excluding hydrogens is 335 g/mol. The van der Waals surface area contributed by atoms with Crippen LogP contribution in [0.25, 0.3) is 0 Å². The summed E-state index contributed by atoms with van der Waals surface area (Å²) in [5.74, 6) is -1.03. The number of esters is 1. The zero-order valence-corrected chi connectivity index (χ0v) is 14.2. The maximum absolute atomic E-state index is 12.7. The summed E-state index contributed by atoms with van der Waals surface area (Å²) in [6.07, 6.45) is -1.54. The highest BCUT2D eigenvalue weighted by molar-refractivity contribution is 5.92. The molecule has 1 aliphatic carbocycles. The van der Waals surface area contributed by atoms with E-state index in [1.54, 1.807) is 0 Å². The zero-order valence-electron chi connectivity index (χ0n) is 14.2. The largest absolute Gasteiger partial charge is 0.449 e. The molecule has 0 heterocycles. The van der Waals surface area contributed by atoms with Crippen LogP contribution in [0.3, 0.4) is 0 Å². The molecule has 0 radical (unpaired) electrons. The number of carbonyl (C=O) groups excluding carboxylic acids is 2. The Bertz CT molecular complexity index is 630. The Kier molecular flexibility index (Phi) is 6.08. The number of alkyl halides is 3. The highest BCUT2D eigenvalue weighted by Crippen LogP contribution is 2.29. The molecule has 0 unspecified atom stereocenters. The van der Waals surface area contributed by atoms with Crippen LogP contribution in [0.5, 0.6) is 0 Å². The molecule has 138 valence electrons. The highest BCUT2D eigenvalue weighted by Gasteiger charge is 2.31. The topological polar surface area (TPSA) is 55.4 Å². The number of ether oxygens (including phenoxy) is 1. The first-order valence-electron chi connectivity index (χ1n) is 8.37. The van der Waals surface area contributed by atoms with Crippen molar-refractivity contribution < 1.29 is 27.5 Å². The summed E-state index contributed by atoms with van der Waals surface area (Å²) in [4.78, 5) is 24.2. The first-order chi connectivity index (χ1) is 11.7. The molecule has 1 aromatic rings. The molecule has 0 aromatic heterocycles. The number of hydrogen-bond donors (Lipinski definition) is 1. The quantitative estimate of drug-likeness (QED) is 0.831. The van der Waals surface area contributed by atoms with E-state index < -0.39 is 29.7 Å². The van der Waals surface area contributed by atoms with Gasteiger partial charge >= 0.3 is 12.1 Å². The molecule has 2 rings (SSSR count). The van der Waals surface area contributed by atoms with Crippen LogP contribution >= 0.6 is 0 Å². The van der Waals surface area contributed by atoms with E-state index >= 15 is 0 Å². The predicted molar refractivity (Wildman–Crippen MR) is 85.9 cm³/mol. The standard InChI is InChI=1S/C18H22F3NO3/c1-11-6-3-4-9-15(11)22-16(23)12(2)25-17(24)13-7-5-8-14(10-13)18(19,20)21/h5,7-8,10-12,15H,3-4,6,9H2,1-2H3,(H,22,23)/t11-,12+,15+/m0/s1. The van der Waals surface area contributed by atoms with Gasteiger partial charge in [0.1, 0.15) is 0 Å². The van der Waals surface area contributed by atoms with Crippen LogP contribution in [0.15, 0.2) is 24.3 Å². The lowest BCUT2D eigenvalue weighted by Crippen LogP contribution is -2.46. The fourth-order valence-electron chi connectivity index (χ4n) is 2.94. The molecule has 1 fully saturated rings. The molecule has 1 aliphatic rings. The van der Waals surface area contributed by atoms with Crippen molar-refractivity contribution in [2.75, 3.05) is 0 Å². The number of halogens is 3. The van der Waals surface area contributed by atoms with E-state index in [1.807, 2.05) is 0 Å². The second kappa shape index (κ2) is 7.89. The van der Waals surface area contributed by atoms with Crippen LogP contribution in [-0.4, -0.2) is 24.0 Å². The zero-order chi connectivity index (χ0) is 18.6. The lowest BCUT2D eigenvalue weighted by atomic mass is 9.86. The molecule has 3 atom stereocenters. The van der Waals surface area contributed by atoms with Gasteiger partial charge in [0, 0.05) is 6.04 Å². The smallest absolute Gasteiger partial charge is 0.416 e. The Morgan fingerprint density at radius 2 is 1.92 bits per heavy atom. The summed E-state index contributed by atoms with van der Waals surface area (Å²) in [5, 5.41) is 2.86. The normalized spacial score (nSPS) is 22.1. The fraction of sp³-hybridized carbons (Fsp3) is 0.556. The summed E-state index contributed by atoms with van der Waals surface area (Å²) in [7, 11) is 0. The van der Waals surface area contributed by atoms with Gasteiger partial charge in [-0.1, -0.05) is 25.8 Å². The van der Waals surface area contributed by atoms with Crippen LogP contribution in [0.4, 0.5) is 13.2 Å². The number of benzene rings is 1. The third-order valence-corrected chi connectivity index (χ3v) is 4.52. The summed E-state index contributed by atoms with van der Waals surface area (Å²) in [5.41, 5.74) is -1.17. The van der Waals surface area contributed by atoms with Gasteiger partial charge in [0.25, 0.3) is 5.91 Å². The van der Waals surface area contributed by atoms with Crippen molar-refractivity contribution in [3.05, 3.63) is 35.4 Å². The van der Waals surface area contributed by atoms with Crippen LogP contribution in [0.2, 0.25) is 0 Å². The molecule has 1 N–H and O–H groups in total. The van der Waals surface area contributed by atoms with E-state index in [0.29, 0.717) is 5.92 Å². The van der Waals surface area contributed by atoms with Crippen LogP contribution in [0.1, 0.15) is 55.5 Å². The number of nitrogens with one attached hydrogen (secondary N) is 1. The van der Waals surface area contributed by atoms with E-state index in [1.165, 1.54) is 13.0 Å². The minimum atomic E-state index is -4.55. The summed E-state index contributed by atoms with van der Waals surface area (Å²) >= 11 is 0. The molecule has 0 spiro atoms. The second-order valence-corrected chi connectivity index (χ2v) is 6.50. The second-order valence-electron chi connectivity index (χ2n) is 6.50. The lowest BCUT2D eigenvalue weighted by Gasteiger charge is -2.30. The molecule has 0 bridgehead atoms. The maximum Gasteiger partial charge on any atom is 0.416 e. The highest BCUT2D eigenvalue weighted by atomic mass is 19.4. The van der Waals surface area contributed by atoms with Crippen molar-refractivity contribution >= 4 is 11.9 Å². The van der Waals surface area contributed by atoms with Gasteiger partial charge in [0.2, 0.25) is 0 Å². The van der Waals surface area contributed by atoms with E-state index in [2.05, 4.69) is 12.2 Å². The monoisotopic (exact) mass is 357 g/mol. The maximum atomic E-state index is 12.7. The summed E-state index contributed by atoms with van der Waals surface area (Å²) < 4.78 is 43.1. The van der Waals surface area contributed by atoms with Gasteiger partial charge in [0.05, 0.1) is 11.1 Å². The van der Waals surface area contributed by atoms with Crippen LogP contribution in [0, 0.1) is 5.92 Å². The van der Waals surface area contributed by atoms with Crippen molar-refractivity contribution in [1.82, 2.24) is 5.32 Å². The van der Waals surface area contributed by atoms with E-state index in [4.69, 9.17) is 4.74 Å². The van der Waals surface area contributed by atoms with Crippen molar-refractivity contribution in [2.24, 2.45) is 5.92 Å². The first kappa shape index (κ1) is 19.3. The van der Waals surface area contributed by atoms with Crippen LogP contribution in [-0.2, 0) is 15.7 Å².